The van der Waals surface area contributed by atoms with Crippen molar-refractivity contribution in [2.45, 2.75) is 32.0 Å². The summed E-state index contributed by atoms with van der Waals surface area (Å²) >= 11 is 0. The minimum atomic E-state index is -4.78. The molecule has 0 atom stereocenters. The van der Waals surface area contributed by atoms with Gasteiger partial charge in [0.15, 0.2) is 5.43 Å². The monoisotopic (exact) mass is 445 g/mol. The molecule has 1 aromatic heterocycles. The standard InChI is InChI=1S/C23H18F3NO5/c24-23(25,26)32-16-11-9-15(10-12-16)31-14-7-5-13(6-8-14)19-20(22(29)30)27-18-4-2-1-3-17(18)21(19)28/h5-12H,1-4H2,(H,27,28)(H,29,30). The normalized spacial score (nSPS) is 13.3. The SMILES string of the molecule is O=C(O)c1[nH]c2c(c(=O)c1-c1ccc(Oc3ccc(OC(F)(F)F)cc3)cc1)CCCC2. The van der Waals surface area contributed by atoms with Gasteiger partial charge in [-0.1, -0.05) is 12.1 Å². The number of benzene rings is 2. The zero-order chi connectivity index (χ0) is 22.9. The molecule has 6 nitrogen and oxygen atoms in total. The number of halogens is 3. The van der Waals surface area contributed by atoms with E-state index in [0.717, 1.165) is 25.0 Å². The molecule has 32 heavy (non-hydrogen) atoms. The van der Waals surface area contributed by atoms with Crippen molar-refractivity contribution < 1.29 is 32.5 Å². The molecule has 4 rings (SSSR count). The van der Waals surface area contributed by atoms with Crippen LogP contribution in [-0.4, -0.2) is 22.4 Å². The van der Waals surface area contributed by atoms with E-state index in [2.05, 4.69) is 9.72 Å². The maximum atomic E-state index is 13.0. The number of H-pyrrole nitrogens is 1. The number of rotatable bonds is 5. The van der Waals surface area contributed by atoms with Crippen molar-refractivity contribution in [1.82, 2.24) is 4.98 Å². The van der Waals surface area contributed by atoms with E-state index < -0.39 is 12.3 Å². The molecule has 0 aliphatic heterocycles. The second-order valence-corrected chi connectivity index (χ2v) is 7.32. The lowest BCUT2D eigenvalue weighted by Crippen LogP contribution is -2.24. The Morgan fingerprint density at radius 1 is 0.906 bits per heavy atom. The van der Waals surface area contributed by atoms with Gasteiger partial charge in [0.2, 0.25) is 0 Å². The van der Waals surface area contributed by atoms with Gasteiger partial charge in [0.1, 0.15) is 22.9 Å². The second-order valence-electron chi connectivity index (χ2n) is 7.32. The fourth-order valence-electron chi connectivity index (χ4n) is 3.74. The third kappa shape index (κ3) is 4.61. The summed E-state index contributed by atoms with van der Waals surface area (Å²) in [5, 5.41) is 9.62. The number of fused-ring (bicyclic) bond motifs is 1. The number of ether oxygens (including phenoxy) is 2. The molecule has 0 fully saturated rings. The maximum absolute atomic E-state index is 13.0. The fourth-order valence-corrected chi connectivity index (χ4v) is 3.74. The highest BCUT2D eigenvalue weighted by Crippen LogP contribution is 2.30. The third-order valence-electron chi connectivity index (χ3n) is 5.14. The summed E-state index contributed by atoms with van der Waals surface area (Å²) in [6.07, 6.45) is -1.75. The van der Waals surface area contributed by atoms with Crippen LogP contribution in [0, 0.1) is 0 Å². The van der Waals surface area contributed by atoms with Gasteiger partial charge in [-0.15, -0.1) is 13.2 Å². The number of aromatic carboxylic acids is 1. The van der Waals surface area contributed by atoms with E-state index in [1.807, 2.05) is 0 Å². The average Bonchev–Trinajstić information content (AvgIpc) is 2.75. The number of nitrogens with one attached hydrogen (secondary N) is 1. The Morgan fingerprint density at radius 2 is 1.47 bits per heavy atom. The number of alkyl halides is 3. The van der Waals surface area contributed by atoms with E-state index in [1.165, 1.54) is 12.1 Å². The van der Waals surface area contributed by atoms with E-state index >= 15 is 0 Å². The number of carboxylic acids is 1. The summed E-state index contributed by atoms with van der Waals surface area (Å²) in [7, 11) is 0. The Kier molecular flexibility index (Phi) is 5.65. The number of pyridine rings is 1. The Morgan fingerprint density at radius 3 is 2.06 bits per heavy atom. The van der Waals surface area contributed by atoms with Crippen molar-refractivity contribution in [3.8, 4) is 28.4 Å². The van der Waals surface area contributed by atoms with Crippen LogP contribution in [-0.2, 0) is 12.8 Å². The van der Waals surface area contributed by atoms with Crippen LogP contribution in [0.2, 0.25) is 0 Å². The first kappa shape index (κ1) is 21.5. The number of aryl methyl sites for hydroxylation is 1. The Balaban J connectivity index is 1.59. The second kappa shape index (κ2) is 8.41. The van der Waals surface area contributed by atoms with Crippen LogP contribution in [0.4, 0.5) is 13.2 Å². The Bertz CT molecular complexity index is 1200. The highest BCUT2D eigenvalue weighted by Gasteiger charge is 2.31. The van der Waals surface area contributed by atoms with Gasteiger partial charge in [-0.25, -0.2) is 4.79 Å². The number of carbonyl (C=O) groups is 1. The average molecular weight is 445 g/mol. The van der Waals surface area contributed by atoms with Crippen LogP contribution < -0.4 is 14.9 Å². The van der Waals surface area contributed by atoms with Crippen LogP contribution in [0.15, 0.2) is 53.3 Å². The molecule has 2 aromatic carbocycles. The van der Waals surface area contributed by atoms with Crippen molar-refractivity contribution >= 4 is 5.97 Å². The highest BCUT2D eigenvalue weighted by atomic mass is 19.4. The van der Waals surface area contributed by atoms with Crippen LogP contribution in [0.3, 0.4) is 0 Å². The topological polar surface area (TPSA) is 88.6 Å². The lowest BCUT2D eigenvalue weighted by molar-refractivity contribution is -0.274. The van der Waals surface area contributed by atoms with Crippen LogP contribution in [0.25, 0.3) is 11.1 Å². The molecule has 0 saturated carbocycles. The van der Waals surface area contributed by atoms with Crippen molar-refractivity contribution in [1.29, 1.82) is 0 Å². The summed E-state index contributed by atoms with van der Waals surface area (Å²) in [5.74, 6) is -0.936. The summed E-state index contributed by atoms with van der Waals surface area (Å²) in [4.78, 5) is 27.7. The number of carboxylic acid groups (broad SMARTS) is 1. The Labute approximate surface area is 180 Å². The minimum Gasteiger partial charge on any atom is -0.477 e. The van der Waals surface area contributed by atoms with Crippen molar-refractivity contribution in [3.63, 3.8) is 0 Å². The van der Waals surface area contributed by atoms with E-state index in [4.69, 9.17) is 4.74 Å². The molecule has 0 radical (unpaired) electrons. The predicted octanol–water partition coefficient (Wildman–Crippen LogP) is 5.31. The van der Waals surface area contributed by atoms with Crippen molar-refractivity contribution in [2.75, 3.05) is 0 Å². The summed E-state index contributed by atoms with van der Waals surface area (Å²) < 4.78 is 46.2. The fraction of sp³-hybridized carbons (Fsp3) is 0.217. The predicted molar refractivity (Wildman–Crippen MR) is 109 cm³/mol. The molecule has 0 spiro atoms. The maximum Gasteiger partial charge on any atom is 0.573 e. The van der Waals surface area contributed by atoms with Gasteiger partial charge in [0, 0.05) is 11.3 Å². The largest absolute Gasteiger partial charge is 0.573 e. The van der Waals surface area contributed by atoms with Gasteiger partial charge in [-0.05, 0) is 67.6 Å². The van der Waals surface area contributed by atoms with E-state index in [0.29, 0.717) is 35.4 Å². The molecular formula is C23H18F3NO5. The van der Waals surface area contributed by atoms with Crippen molar-refractivity contribution in [3.05, 3.63) is 75.7 Å². The zero-order valence-corrected chi connectivity index (χ0v) is 16.7. The van der Waals surface area contributed by atoms with Crippen molar-refractivity contribution in [2.24, 2.45) is 0 Å². The van der Waals surface area contributed by atoms with E-state index in [1.54, 1.807) is 24.3 Å². The van der Waals surface area contributed by atoms with E-state index in [-0.39, 0.29) is 28.2 Å². The molecule has 0 unspecified atom stereocenters. The molecule has 0 amide bonds. The van der Waals surface area contributed by atoms with Gasteiger partial charge >= 0.3 is 12.3 Å². The Hall–Kier alpha value is -3.75. The molecule has 0 saturated heterocycles. The van der Waals surface area contributed by atoms with Crippen LogP contribution >= 0.6 is 0 Å². The van der Waals surface area contributed by atoms with Crippen LogP contribution in [0.5, 0.6) is 17.2 Å². The molecule has 9 heteroatoms. The minimum absolute atomic E-state index is 0.0957. The van der Waals surface area contributed by atoms with Gasteiger partial charge in [0.05, 0.1) is 5.56 Å². The number of aromatic nitrogens is 1. The van der Waals surface area contributed by atoms with Gasteiger partial charge in [-0.2, -0.15) is 0 Å². The highest BCUT2D eigenvalue weighted by molar-refractivity contribution is 5.94. The first-order valence-electron chi connectivity index (χ1n) is 9.87. The zero-order valence-electron chi connectivity index (χ0n) is 16.7. The molecule has 1 heterocycles. The first-order chi connectivity index (χ1) is 15.2. The molecule has 0 bridgehead atoms. The summed E-state index contributed by atoms with van der Waals surface area (Å²) in [6.45, 7) is 0. The number of aromatic amines is 1. The molecule has 166 valence electrons. The number of hydrogen-bond donors (Lipinski definition) is 2. The third-order valence-corrected chi connectivity index (χ3v) is 5.14. The summed E-state index contributed by atoms with van der Waals surface area (Å²) in [5.41, 5.74) is 1.39. The molecule has 3 aromatic rings. The van der Waals surface area contributed by atoms with Crippen LogP contribution in [0.1, 0.15) is 34.6 Å². The summed E-state index contributed by atoms with van der Waals surface area (Å²) in [6, 6.07) is 11.2. The van der Waals surface area contributed by atoms with Gasteiger partial charge in [-0.3, -0.25) is 4.79 Å². The lowest BCUT2D eigenvalue weighted by Gasteiger charge is -2.18. The van der Waals surface area contributed by atoms with E-state index in [9.17, 15) is 27.9 Å². The first-order valence-corrected chi connectivity index (χ1v) is 9.87. The quantitative estimate of drug-likeness (QED) is 0.556. The number of hydrogen-bond acceptors (Lipinski definition) is 4. The lowest BCUT2D eigenvalue weighted by atomic mass is 9.91. The molecule has 1 aliphatic rings. The van der Waals surface area contributed by atoms with Gasteiger partial charge in [0.25, 0.3) is 0 Å². The molecular weight excluding hydrogens is 427 g/mol. The van der Waals surface area contributed by atoms with Gasteiger partial charge < -0.3 is 19.6 Å². The molecule has 2 N–H and O–H groups in total. The molecule has 1 aliphatic carbocycles. The smallest absolute Gasteiger partial charge is 0.477 e.